The van der Waals surface area contributed by atoms with Gasteiger partial charge in [0.25, 0.3) is 0 Å². The van der Waals surface area contributed by atoms with Gasteiger partial charge in [-0.05, 0) is 65.7 Å². The monoisotopic (exact) mass is 549 g/mol. The van der Waals surface area contributed by atoms with E-state index in [1.54, 1.807) is 0 Å². The van der Waals surface area contributed by atoms with E-state index in [0.717, 1.165) is 0 Å². The maximum atomic E-state index is 2.48. The minimum atomic E-state index is -1.57. The van der Waals surface area contributed by atoms with E-state index in [1.165, 1.54) is 62.4 Å². The van der Waals surface area contributed by atoms with Crippen LogP contribution in [0.3, 0.4) is 0 Å². The van der Waals surface area contributed by atoms with Crippen molar-refractivity contribution in [2.24, 2.45) is 0 Å². The number of benzene rings is 6. The molecular formula is C37H27NS2. The van der Waals surface area contributed by atoms with E-state index < -0.39 is 10.0 Å². The largest absolute Gasteiger partial charge is 0.309 e. The smallest absolute Gasteiger partial charge is 0.0541 e. The fourth-order valence-corrected chi connectivity index (χ4v) is 11.0. The van der Waals surface area contributed by atoms with E-state index in [1.807, 2.05) is 11.3 Å². The van der Waals surface area contributed by atoms with Crippen LogP contribution in [-0.2, 0) is 0 Å². The molecule has 40 heavy (non-hydrogen) atoms. The summed E-state index contributed by atoms with van der Waals surface area (Å²) in [5, 5.41) is 5.28. The Morgan fingerprint density at radius 3 is 1.82 bits per heavy atom. The standard InChI is InChI=1S/C37H27NS2/c1-40(27-14-3-2-4-15-27,36-24-12-20-32-31-19-7-10-23-35(31)39-37(32)36)28-16-11-13-26(25-28)38-33-21-8-5-17-29(33)30-18-6-9-22-34(30)38/h2-25H,1H3. The number of hydrogen-bond donors (Lipinski definition) is 0. The number of aromatic nitrogens is 1. The molecule has 0 radical (unpaired) electrons. The van der Waals surface area contributed by atoms with Crippen molar-refractivity contribution in [3.05, 3.63) is 146 Å². The Hall–Kier alpha value is -4.31. The van der Waals surface area contributed by atoms with Gasteiger partial charge < -0.3 is 4.57 Å². The molecular weight excluding hydrogens is 523 g/mol. The fraction of sp³-hybridized carbons (Fsp3) is 0.0270. The summed E-state index contributed by atoms with van der Waals surface area (Å²) in [4.78, 5) is 4.17. The van der Waals surface area contributed by atoms with Crippen LogP contribution in [0.4, 0.5) is 0 Å². The number of thiophene rings is 1. The Balaban J connectivity index is 1.43. The molecule has 0 bridgehead atoms. The van der Waals surface area contributed by atoms with E-state index >= 15 is 0 Å². The van der Waals surface area contributed by atoms with Gasteiger partial charge in [0, 0.05) is 46.4 Å². The molecule has 192 valence electrons. The molecule has 1 unspecified atom stereocenters. The Kier molecular flexibility index (Phi) is 5.38. The average Bonchev–Trinajstić information content (AvgIpc) is 3.57. The van der Waals surface area contributed by atoms with Crippen molar-refractivity contribution in [1.82, 2.24) is 4.57 Å². The molecule has 8 aromatic rings. The minimum Gasteiger partial charge on any atom is -0.309 e. The van der Waals surface area contributed by atoms with Crippen molar-refractivity contribution in [2.75, 3.05) is 6.26 Å². The molecule has 0 fully saturated rings. The van der Waals surface area contributed by atoms with Gasteiger partial charge in [-0.25, -0.2) is 0 Å². The Labute approximate surface area is 239 Å². The van der Waals surface area contributed by atoms with Crippen LogP contribution in [-0.4, -0.2) is 10.8 Å². The molecule has 0 aliphatic heterocycles. The quantitative estimate of drug-likeness (QED) is 0.206. The molecule has 2 heterocycles. The van der Waals surface area contributed by atoms with Gasteiger partial charge in [0.15, 0.2) is 0 Å². The summed E-state index contributed by atoms with van der Waals surface area (Å²) in [6, 6.07) is 53.6. The maximum absolute atomic E-state index is 2.48. The third kappa shape index (κ3) is 3.41. The molecule has 0 amide bonds. The molecule has 1 nitrogen and oxygen atoms in total. The summed E-state index contributed by atoms with van der Waals surface area (Å²) < 4.78 is 5.17. The number of hydrogen-bond acceptors (Lipinski definition) is 1. The van der Waals surface area contributed by atoms with E-state index in [4.69, 9.17) is 0 Å². The van der Waals surface area contributed by atoms with Crippen molar-refractivity contribution < 1.29 is 0 Å². The van der Waals surface area contributed by atoms with Crippen LogP contribution in [0.15, 0.2) is 160 Å². The zero-order valence-electron chi connectivity index (χ0n) is 22.1. The molecule has 1 atom stereocenters. The Bertz CT molecular complexity index is 2130. The van der Waals surface area contributed by atoms with Crippen LogP contribution in [0.1, 0.15) is 0 Å². The summed E-state index contributed by atoms with van der Waals surface area (Å²) >= 11 is 1.93. The number of rotatable bonds is 4. The highest BCUT2D eigenvalue weighted by atomic mass is 32.3. The van der Waals surface area contributed by atoms with Crippen LogP contribution in [0.2, 0.25) is 0 Å². The lowest BCUT2D eigenvalue weighted by atomic mass is 10.1. The second-order valence-corrected chi connectivity index (χ2v) is 14.6. The molecule has 0 aliphatic rings. The van der Waals surface area contributed by atoms with Gasteiger partial charge in [-0.3, -0.25) is 0 Å². The van der Waals surface area contributed by atoms with Crippen molar-refractivity contribution in [3.8, 4) is 5.69 Å². The molecule has 3 heteroatoms. The first-order chi connectivity index (χ1) is 19.7. The van der Waals surface area contributed by atoms with Crippen LogP contribution in [0.25, 0.3) is 47.7 Å². The first-order valence-corrected chi connectivity index (χ1v) is 16.4. The van der Waals surface area contributed by atoms with Crippen molar-refractivity contribution in [1.29, 1.82) is 0 Å². The van der Waals surface area contributed by atoms with Crippen molar-refractivity contribution >= 4 is 63.3 Å². The summed E-state index contributed by atoms with van der Waals surface area (Å²) in [7, 11) is -1.57. The second kappa shape index (κ2) is 9.12. The Morgan fingerprint density at radius 2 is 1.07 bits per heavy atom. The van der Waals surface area contributed by atoms with Gasteiger partial charge in [0.1, 0.15) is 0 Å². The van der Waals surface area contributed by atoms with Crippen LogP contribution in [0.5, 0.6) is 0 Å². The van der Waals surface area contributed by atoms with Gasteiger partial charge in [0.05, 0.1) is 11.0 Å². The second-order valence-electron chi connectivity index (χ2n) is 10.3. The highest BCUT2D eigenvalue weighted by molar-refractivity contribution is 8.33. The molecule has 6 aromatic carbocycles. The summed E-state index contributed by atoms with van der Waals surface area (Å²) in [6.45, 7) is 0. The topological polar surface area (TPSA) is 4.93 Å². The fourth-order valence-electron chi connectivity index (χ4n) is 6.20. The predicted molar refractivity (Wildman–Crippen MR) is 175 cm³/mol. The van der Waals surface area contributed by atoms with Gasteiger partial charge in [-0.1, -0.05) is 91.0 Å². The van der Waals surface area contributed by atoms with Crippen LogP contribution < -0.4 is 0 Å². The van der Waals surface area contributed by atoms with E-state index in [-0.39, 0.29) is 0 Å². The summed E-state index contributed by atoms with van der Waals surface area (Å²) in [5.41, 5.74) is 3.68. The van der Waals surface area contributed by atoms with Crippen LogP contribution in [0, 0.1) is 0 Å². The third-order valence-electron chi connectivity index (χ3n) is 8.15. The lowest BCUT2D eigenvalue weighted by Crippen LogP contribution is -2.03. The highest BCUT2D eigenvalue weighted by Crippen LogP contribution is 2.68. The van der Waals surface area contributed by atoms with E-state index in [0.29, 0.717) is 0 Å². The van der Waals surface area contributed by atoms with Gasteiger partial charge >= 0.3 is 0 Å². The molecule has 0 saturated carbocycles. The summed E-state index contributed by atoms with van der Waals surface area (Å²) in [6.07, 6.45) is 2.48. The molecule has 0 N–H and O–H groups in total. The summed E-state index contributed by atoms with van der Waals surface area (Å²) in [5.74, 6) is 0. The number of para-hydroxylation sites is 2. The van der Waals surface area contributed by atoms with Crippen molar-refractivity contribution in [3.63, 3.8) is 0 Å². The Morgan fingerprint density at radius 1 is 0.500 bits per heavy atom. The number of nitrogens with zero attached hydrogens (tertiary/aromatic N) is 1. The van der Waals surface area contributed by atoms with Crippen LogP contribution >= 0.6 is 21.4 Å². The lowest BCUT2D eigenvalue weighted by Gasteiger charge is -2.38. The predicted octanol–water partition coefficient (Wildman–Crippen LogP) is 11.1. The van der Waals surface area contributed by atoms with Gasteiger partial charge in [-0.2, -0.15) is 10.0 Å². The molecule has 0 spiro atoms. The lowest BCUT2D eigenvalue weighted by molar-refractivity contribution is 1.16. The maximum Gasteiger partial charge on any atom is 0.0541 e. The SMILES string of the molecule is CS(c1ccccc1)(c1cccc(-n2c3ccccc3c3ccccc32)c1)c1cccc2c1sc1ccccc12. The first kappa shape index (κ1) is 23.6. The number of fused-ring (bicyclic) bond motifs is 6. The van der Waals surface area contributed by atoms with Gasteiger partial charge in [-0.15, -0.1) is 11.3 Å². The normalized spacial score (nSPS) is 14.1. The molecule has 0 saturated heterocycles. The zero-order chi connectivity index (χ0) is 26.7. The average molecular weight is 550 g/mol. The zero-order valence-corrected chi connectivity index (χ0v) is 23.8. The molecule has 2 aromatic heterocycles. The third-order valence-corrected chi connectivity index (χ3v) is 13.1. The van der Waals surface area contributed by atoms with E-state index in [2.05, 4.69) is 156 Å². The minimum absolute atomic E-state index is 1.20. The van der Waals surface area contributed by atoms with E-state index in [9.17, 15) is 0 Å². The highest BCUT2D eigenvalue weighted by Gasteiger charge is 2.29. The first-order valence-electron chi connectivity index (χ1n) is 13.6. The van der Waals surface area contributed by atoms with Gasteiger partial charge in [0.2, 0.25) is 0 Å². The molecule has 0 aliphatic carbocycles. The van der Waals surface area contributed by atoms with Crippen molar-refractivity contribution in [2.45, 2.75) is 14.7 Å². The molecule has 8 rings (SSSR count).